The lowest BCUT2D eigenvalue weighted by Gasteiger charge is -2.13. The number of allylic oxidation sites excluding steroid dienone is 2. The quantitative estimate of drug-likeness (QED) is 0.389. The Morgan fingerprint density at radius 2 is 1.50 bits per heavy atom. The molecule has 0 bridgehead atoms. The fourth-order valence-corrected chi connectivity index (χ4v) is 2.56. The van der Waals surface area contributed by atoms with E-state index in [1.54, 1.807) is 18.2 Å². The number of ketones is 1. The van der Waals surface area contributed by atoms with Crippen LogP contribution in [0.25, 0.3) is 0 Å². The molecule has 1 aliphatic heterocycles. The van der Waals surface area contributed by atoms with Gasteiger partial charge in [0.15, 0.2) is 17.3 Å². The van der Waals surface area contributed by atoms with Crippen molar-refractivity contribution in [1.82, 2.24) is 0 Å². The van der Waals surface area contributed by atoms with E-state index in [1.165, 1.54) is 6.08 Å². The molecule has 1 aliphatic rings. The average molecular weight is 402 g/mol. The Morgan fingerprint density at radius 3 is 2.11 bits per heavy atom. The zero-order chi connectivity index (χ0) is 20.5. The van der Waals surface area contributed by atoms with Crippen LogP contribution in [0.4, 0.5) is 26.3 Å². The minimum Gasteiger partial charge on any atom is -0.454 e. The highest BCUT2D eigenvalue weighted by Crippen LogP contribution is 2.36. The van der Waals surface area contributed by atoms with Crippen LogP contribution in [0.5, 0.6) is 11.5 Å². The molecule has 0 N–H and O–H groups in total. The number of carbonyl (C=O) groups is 1. The first kappa shape index (κ1) is 19.8. The van der Waals surface area contributed by atoms with Gasteiger partial charge in [0.05, 0.1) is 11.1 Å². The van der Waals surface area contributed by atoms with Gasteiger partial charge in [-0.15, -0.1) is 0 Å². The first-order chi connectivity index (χ1) is 13.0. The molecule has 0 radical (unpaired) electrons. The average Bonchev–Trinajstić information content (AvgIpc) is 3.07. The third-order valence-electron chi connectivity index (χ3n) is 3.93. The number of benzene rings is 2. The van der Waals surface area contributed by atoms with E-state index in [0.717, 1.165) is 11.6 Å². The molecule has 2 aromatic rings. The molecule has 0 aromatic heterocycles. The van der Waals surface area contributed by atoms with Crippen molar-refractivity contribution in [3.8, 4) is 11.5 Å². The fourth-order valence-electron chi connectivity index (χ4n) is 2.56. The van der Waals surface area contributed by atoms with Crippen LogP contribution in [-0.2, 0) is 18.8 Å². The van der Waals surface area contributed by atoms with Crippen molar-refractivity contribution in [1.29, 1.82) is 0 Å². The predicted octanol–water partition coefficient (Wildman–Crippen LogP) is 5.43. The van der Waals surface area contributed by atoms with Crippen molar-refractivity contribution in [2.45, 2.75) is 18.8 Å². The summed E-state index contributed by atoms with van der Waals surface area (Å²) >= 11 is 0. The van der Waals surface area contributed by atoms with Gasteiger partial charge in [0.25, 0.3) is 0 Å². The molecule has 28 heavy (non-hydrogen) atoms. The van der Waals surface area contributed by atoms with Crippen molar-refractivity contribution in [3.63, 3.8) is 0 Å². The first-order valence-corrected chi connectivity index (χ1v) is 7.93. The Hall–Kier alpha value is -2.97. The summed E-state index contributed by atoms with van der Waals surface area (Å²) in [5.41, 5.74) is -3.03. The molecule has 0 spiro atoms. The predicted molar refractivity (Wildman–Crippen MR) is 86.2 cm³/mol. The summed E-state index contributed by atoms with van der Waals surface area (Å²) in [5, 5.41) is 0. The van der Waals surface area contributed by atoms with Crippen LogP contribution in [0.3, 0.4) is 0 Å². The number of alkyl halides is 6. The number of hydrogen-bond acceptors (Lipinski definition) is 3. The summed E-state index contributed by atoms with van der Waals surface area (Å²) in [6.07, 6.45) is -7.49. The highest BCUT2D eigenvalue weighted by atomic mass is 19.4. The molecule has 3 nitrogen and oxygen atoms in total. The van der Waals surface area contributed by atoms with Crippen LogP contribution in [0.1, 0.15) is 27.0 Å². The molecule has 0 unspecified atom stereocenters. The topological polar surface area (TPSA) is 35.5 Å². The Labute approximate surface area is 155 Å². The van der Waals surface area contributed by atoms with Gasteiger partial charge in [-0.2, -0.15) is 26.3 Å². The SMILES string of the molecule is O=C(/C=C/Cc1ccc2c(c1)OCO2)c1cc(C(F)(F)F)cc(C(F)(F)F)c1. The lowest BCUT2D eigenvalue weighted by atomic mass is 10.0. The summed E-state index contributed by atoms with van der Waals surface area (Å²) in [5.74, 6) is 0.120. The summed E-state index contributed by atoms with van der Waals surface area (Å²) in [6.45, 7) is 0.0875. The molecule has 9 heteroatoms. The van der Waals surface area contributed by atoms with Gasteiger partial charge in [0.1, 0.15) is 0 Å². The minimum atomic E-state index is -5.01. The number of hydrogen-bond donors (Lipinski definition) is 0. The number of halogens is 6. The number of fused-ring (bicyclic) bond motifs is 1. The monoisotopic (exact) mass is 402 g/mol. The van der Waals surface area contributed by atoms with Crippen molar-refractivity contribution < 1.29 is 40.6 Å². The zero-order valence-electron chi connectivity index (χ0n) is 14.0. The van der Waals surface area contributed by atoms with Crippen molar-refractivity contribution >= 4 is 5.78 Å². The molecule has 0 fully saturated rings. The smallest absolute Gasteiger partial charge is 0.416 e. The van der Waals surface area contributed by atoms with Gasteiger partial charge in [-0.3, -0.25) is 4.79 Å². The summed E-state index contributed by atoms with van der Waals surface area (Å²) in [7, 11) is 0. The maximum absolute atomic E-state index is 12.9. The Bertz CT molecular complexity index is 896. The largest absolute Gasteiger partial charge is 0.454 e. The normalized spacial score (nSPS) is 13.9. The van der Waals surface area contributed by atoms with Crippen LogP contribution in [0, 0.1) is 0 Å². The molecular weight excluding hydrogens is 390 g/mol. The minimum absolute atomic E-state index is 0.0207. The molecule has 3 rings (SSSR count). The molecular formula is C19H12F6O3. The number of rotatable bonds is 4. The highest BCUT2D eigenvalue weighted by molar-refractivity contribution is 6.04. The van der Waals surface area contributed by atoms with Gasteiger partial charge < -0.3 is 9.47 Å². The van der Waals surface area contributed by atoms with E-state index in [9.17, 15) is 31.1 Å². The fraction of sp³-hybridized carbons (Fsp3) is 0.211. The second-order valence-electron chi connectivity index (χ2n) is 5.95. The standard InChI is InChI=1S/C19H12F6O3/c20-18(21,22)13-7-12(8-14(9-13)19(23,24)25)15(26)3-1-2-11-4-5-16-17(6-11)28-10-27-16/h1,3-9H,2,10H2/b3-1+. The molecule has 0 atom stereocenters. The Morgan fingerprint density at radius 1 is 0.893 bits per heavy atom. The van der Waals surface area contributed by atoms with Crippen LogP contribution in [-0.4, -0.2) is 12.6 Å². The van der Waals surface area contributed by atoms with Gasteiger partial charge in [0, 0.05) is 5.56 Å². The second-order valence-corrected chi connectivity index (χ2v) is 5.95. The van der Waals surface area contributed by atoms with Crippen LogP contribution in [0.2, 0.25) is 0 Å². The zero-order valence-corrected chi connectivity index (χ0v) is 14.0. The van der Waals surface area contributed by atoms with Gasteiger partial charge in [-0.1, -0.05) is 12.1 Å². The molecule has 0 aliphatic carbocycles. The maximum atomic E-state index is 12.9. The Kier molecular flexibility index (Phi) is 5.10. The van der Waals surface area contributed by atoms with E-state index in [2.05, 4.69) is 0 Å². The van der Waals surface area contributed by atoms with E-state index < -0.39 is 34.8 Å². The van der Waals surface area contributed by atoms with Crippen LogP contribution >= 0.6 is 0 Å². The Balaban J connectivity index is 1.80. The molecule has 0 amide bonds. The molecule has 148 valence electrons. The summed E-state index contributed by atoms with van der Waals surface area (Å²) in [4.78, 5) is 12.1. The van der Waals surface area contributed by atoms with Crippen molar-refractivity contribution in [2.24, 2.45) is 0 Å². The van der Waals surface area contributed by atoms with Crippen molar-refractivity contribution in [3.05, 3.63) is 70.8 Å². The lowest BCUT2D eigenvalue weighted by molar-refractivity contribution is -0.143. The third kappa shape index (κ3) is 4.47. The molecule has 1 heterocycles. The first-order valence-electron chi connectivity index (χ1n) is 7.93. The summed E-state index contributed by atoms with van der Waals surface area (Å²) < 4.78 is 87.5. The van der Waals surface area contributed by atoms with E-state index in [-0.39, 0.29) is 19.3 Å². The van der Waals surface area contributed by atoms with Crippen molar-refractivity contribution in [2.75, 3.05) is 6.79 Å². The molecule has 0 saturated carbocycles. The van der Waals surface area contributed by atoms with Gasteiger partial charge in [-0.25, -0.2) is 0 Å². The maximum Gasteiger partial charge on any atom is 0.416 e. The van der Waals surface area contributed by atoms with Gasteiger partial charge in [0.2, 0.25) is 6.79 Å². The van der Waals surface area contributed by atoms with E-state index in [1.807, 2.05) is 0 Å². The van der Waals surface area contributed by atoms with E-state index in [0.29, 0.717) is 23.6 Å². The number of carbonyl (C=O) groups excluding carboxylic acids is 1. The van der Waals surface area contributed by atoms with Gasteiger partial charge >= 0.3 is 12.4 Å². The molecule has 0 saturated heterocycles. The highest BCUT2D eigenvalue weighted by Gasteiger charge is 2.37. The van der Waals surface area contributed by atoms with Crippen LogP contribution in [0.15, 0.2) is 48.6 Å². The third-order valence-corrected chi connectivity index (χ3v) is 3.93. The van der Waals surface area contributed by atoms with Gasteiger partial charge in [-0.05, 0) is 48.4 Å². The van der Waals surface area contributed by atoms with Crippen LogP contribution < -0.4 is 9.47 Å². The molecule has 2 aromatic carbocycles. The summed E-state index contributed by atoms with van der Waals surface area (Å²) in [6, 6.07) is 5.82. The van der Waals surface area contributed by atoms with E-state index in [4.69, 9.17) is 9.47 Å². The number of ether oxygens (including phenoxy) is 2. The second kappa shape index (κ2) is 7.21. The van der Waals surface area contributed by atoms with E-state index >= 15 is 0 Å². The lowest BCUT2D eigenvalue weighted by Crippen LogP contribution is -2.13.